The van der Waals surface area contributed by atoms with Crippen molar-refractivity contribution in [1.29, 1.82) is 0 Å². The molecule has 3 aromatic rings. The number of amides is 1. The van der Waals surface area contributed by atoms with Gasteiger partial charge in [-0.2, -0.15) is 0 Å². The van der Waals surface area contributed by atoms with Crippen molar-refractivity contribution in [3.8, 4) is 16.9 Å². The predicted molar refractivity (Wildman–Crippen MR) is 129 cm³/mol. The molecule has 34 heavy (non-hydrogen) atoms. The Hall–Kier alpha value is -3.61. The van der Waals surface area contributed by atoms with E-state index in [-0.39, 0.29) is 11.8 Å². The zero-order valence-corrected chi connectivity index (χ0v) is 19.6. The predicted octanol–water partition coefficient (Wildman–Crippen LogP) is 4.50. The molecule has 1 aromatic heterocycles. The van der Waals surface area contributed by atoms with Gasteiger partial charge in [0.1, 0.15) is 11.3 Å². The number of fused-ring (bicyclic) bond motifs is 1. The number of hydrogen-bond acceptors (Lipinski definition) is 5. The molecular formula is C27H29NO6. The van der Waals surface area contributed by atoms with Gasteiger partial charge in [-0.05, 0) is 55.9 Å². The van der Waals surface area contributed by atoms with Crippen molar-refractivity contribution in [2.24, 2.45) is 11.8 Å². The summed E-state index contributed by atoms with van der Waals surface area (Å²) in [5, 5.41) is 10.0. The molecule has 7 heteroatoms. The number of nitrogens with zero attached hydrogens (tertiary/aromatic N) is 1. The summed E-state index contributed by atoms with van der Waals surface area (Å²) in [6.45, 7) is 6.44. The monoisotopic (exact) mass is 463 g/mol. The molecule has 1 N–H and O–H groups in total. The van der Waals surface area contributed by atoms with Crippen molar-refractivity contribution in [1.82, 2.24) is 4.90 Å². The molecule has 0 aliphatic carbocycles. The Morgan fingerprint density at radius 1 is 1.06 bits per heavy atom. The van der Waals surface area contributed by atoms with Crippen LogP contribution in [0.2, 0.25) is 0 Å². The Labute approximate surface area is 198 Å². The first-order chi connectivity index (χ1) is 16.2. The van der Waals surface area contributed by atoms with Gasteiger partial charge in [-0.25, -0.2) is 4.79 Å². The van der Waals surface area contributed by atoms with Crippen molar-refractivity contribution in [3.05, 3.63) is 64.5 Å². The molecule has 2 atom stereocenters. The molecular weight excluding hydrogens is 434 g/mol. The molecule has 2 unspecified atom stereocenters. The van der Waals surface area contributed by atoms with Crippen molar-refractivity contribution in [2.75, 3.05) is 13.1 Å². The van der Waals surface area contributed by atoms with E-state index in [2.05, 4.69) is 0 Å². The van der Waals surface area contributed by atoms with Crippen molar-refractivity contribution in [3.63, 3.8) is 0 Å². The van der Waals surface area contributed by atoms with E-state index in [1.165, 1.54) is 6.07 Å². The van der Waals surface area contributed by atoms with E-state index in [1.807, 2.05) is 37.3 Å². The van der Waals surface area contributed by atoms with Crippen LogP contribution in [0.15, 0.2) is 57.7 Å². The quantitative estimate of drug-likeness (QED) is 0.541. The molecule has 178 valence electrons. The van der Waals surface area contributed by atoms with Crippen LogP contribution in [0.3, 0.4) is 0 Å². The van der Waals surface area contributed by atoms with Gasteiger partial charge in [-0.1, -0.05) is 31.2 Å². The first-order valence-electron chi connectivity index (χ1n) is 11.6. The fraction of sp³-hybridized carbons (Fsp3) is 0.370. The Kier molecular flexibility index (Phi) is 6.72. The van der Waals surface area contributed by atoms with Gasteiger partial charge in [0.05, 0.1) is 5.92 Å². The summed E-state index contributed by atoms with van der Waals surface area (Å²) in [5.74, 6) is -0.842. The highest BCUT2D eigenvalue weighted by atomic mass is 16.5. The number of piperidine rings is 1. The molecule has 1 aliphatic rings. The smallest absolute Gasteiger partial charge is 0.336 e. The number of benzene rings is 2. The number of ether oxygens (including phenoxy) is 1. The van der Waals surface area contributed by atoms with Crippen molar-refractivity contribution >= 4 is 22.8 Å². The Balaban J connectivity index is 1.49. The molecule has 1 saturated heterocycles. The average molecular weight is 464 g/mol. The number of aliphatic carboxylic acids is 1. The van der Waals surface area contributed by atoms with Crippen molar-refractivity contribution in [2.45, 2.75) is 39.7 Å². The zero-order valence-electron chi connectivity index (χ0n) is 19.6. The van der Waals surface area contributed by atoms with Crippen molar-refractivity contribution < 1.29 is 23.8 Å². The van der Waals surface area contributed by atoms with Gasteiger partial charge in [0, 0.05) is 36.2 Å². The normalized spacial score (nSPS) is 16.3. The lowest BCUT2D eigenvalue weighted by molar-refractivity contribution is -0.144. The number of hydrogen-bond donors (Lipinski definition) is 1. The van der Waals surface area contributed by atoms with Gasteiger partial charge in [0.25, 0.3) is 5.91 Å². The van der Waals surface area contributed by atoms with E-state index in [4.69, 9.17) is 9.15 Å². The number of carbonyl (C=O) groups is 2. The molecule has 2 aromatic carbocycles. The molecule has 0 radical (unpaired) electrons. The number of rotatable bonds is 6. The zero-order chi connectivity index (χ0) is 24.4. The Bertz CT molecular complexity index is 1270. The van der Waals surface area contributed by atoms with E-state index in [0.29, 0.717) is 37.3 Å². The molecule has 4 rings (SSSR count). The van der Waals surface area contributed by atoms with Crippen LogP contribution in [0, 0.1) is 18.8 Å². The van der Waals surface area contributed by atoms with Gasteiger partial charge in [-0.15, -0.1) is 0 Å². The largest absolute Gasteiger partial charge is 0.481 e. The summed E-state index contributed by atoms with van der Waals surface area (Å²) in [7, 11) is 0. The minimum absolute atomic E-state index is 0.0728. The summed E-state index contributed by atoms with van der Waals surface area (Å²) in [4.78, 5) is 38.1. The van der Waals surface area contributed by atoms with Gasteiger partial charge in [0.2, 0.25) is 0 Å². The van der Waals surface area contributed by atoms with E-state index in [0.717, 1.165) is 22.1 Å². The third-order valence-electron chi connectivity index (χ3n) is 6.76. The van der Waals surface area contributed by atoms with Crippen LogP contribution in [0.25, 0.3) is 22.1 Å². The number of aryl methyl sites for hydroxylation is 1. The summed E-state index contributed by atoms with van der Waals surface area (Å²) in [6, 6.07) is 14.6. The first kappa shape index (κ1) is 23.5. The molecule has 1 fully saturated rings. The summed E-state index contributed by atoms with van der Waals surface area (Å²) in [6.07, 6.45) is 0.598. The highest BCUT2D eigenvalue weighted by Gasteiger charge is 2.31. The third kappa shape index (κ3) is 4.83. The lowest BCUT2D eigenvalue weighted by Gasteiger charge is -2.34. The van der Waals surface area contributed by atoms with E-state index in [9.17, 15) is 19.5 Å². The fourth-order valence-corrected chi connectivity index (χ4v) is 4.65. The SMILES string of the molecule is Cc1ccccc1-c1cc(=O)oc2cc(OC(C)C(=O)N3CCC(C(C)C(=O)O)CC3)ccc12. The van der Waals surface area contributed by atoms with E-state index in [1.54, 1.807) is 30.9 Å². The number of carbonyl (C=O) groups excluding carboxylic acids is 1. The number of carboxylic acids is 1. The maximum atomic E-state index is 12.9. The summed E-state index contributed by atoms with van der Waals surface area (Å²) < 4.78 is 11.3. The molecule has 0 bridgehead atoms. The maximum absolute atomic E-state index is 12.9. The van der Waals surface area contributed by atoms with Crippen LogP contribution in [0.5, 0.6) is 5.75 Å². The van der Waals surface area contributed by atoms with Gasteiger partial charge in [0.15, 0.2) is 6.10 Å². The van der Waals surface area contributed by atoms with Gasteiger partial charge >= 0.3 is 11.6 Å². The summed E-state index contributed by atoms with van der Waals surface area (Å²) >= 11 is 0. The average Bonchev–Trinajstić information content (AvgIpc) is 2.82. The van der Waals surface area contributed by atoms with Crippen LogP contribution < -0.4 is 10.4 Å². The molecule has 1 amide bonds. The van der Waals surface area contributed by atoms with Crippen LogP contribution in [-0.2, 0) is 9.59 Å². The number of likely N-dealkylation sites (tertiary alicyclic amines) is 1. The number of carboxylic acid groups (broad SMARTS) is 1. The van der Waals surface area contributed by atoms with Crippen LogP contribution in [0.1, 0.15) is 32.3 Å². The standard InChI is InChI=1S/C27H29NO6/c1-16-6-4-5-7-21(16)23-15-25(29)34-24-14-20(8-9-22(23)24)33-18(3)26(30)28-12-10-19(11-13-28)17(2)27(31)32/h4-9,14-15,17-19H,10-13H2,1-3H3,(H,31,32). The Morgan fingerprint density at radius 2 is 1.76 bits per heavy atom. The maximum Gasteiger partial charge on any atom is 0.336 e. The second kappa shape index (κ2) is 9.71. The molecule has 0 saturated carbocycles. The molecule has 0 spiro atoms. The summed E-state index contributed by atoms with van der Waals surface area (Å²) in [5.41, 5.74) is 2.74. The molecule has 7 nitrogen and oxygen atoms in total. The second-order valence-corrected chi connectivity index (χ2v) is 9.00. The lowest BCUT2D eigenvalue weighted by Crippen LogP contribution is -2.46. The minimum Gasteiger partial charge on any atom is -0.481 e. The third-order valence-corrected chi connectivity index (χ3v) is 6.76. The van der Waals surface area contributed by atoms with Gasteiger partial charge < -0.3 is 19.2 Å². The van der Waals surface area contributed by atoms with E-state index < -0.39 is 23.6 Å². The first-order valence-corrected chi connectivity index (χ1v) is 11.6. The van der Waals surface area contributed by atoms with Crippen LogP contribution in [0.4, 0.5) is 0 Å². The second-order valence-electron chi connectivity index (χ2n) is 9.00. The Morgan fingerprint density at radius 3 is 2.44 bits per heavy atom. The van der Waals surface area contributed by atoms with Crippen LogP contribution in [-0.4, -0.2) is 41.1 Å². The highest BCUT2D eigenvalue weighted by molar-refractivity contribution is 5.94. The van der Waals surface area contributed by atoms with Crippen LogP contribution >= 0.6 is 0 Å². The van der Waals surface area contributed by atoms with E-state index >= 15 is 0 Å². The minimum atomic E-state index is -0.796. The highest BCUT2D eigenvalue weighted by Crippen LogP contribution is 2.32. The topological polar surface area (TPSA) is 97.0 Å². The molecule has 2 heterocycles. The molecule has 1 aliphatic heterocycles. The lowest BCUT2D eigenvalue weighted by atomic mass is 9.85. The van der Waals surface area contributed by atoms with Gasteiger partial charge in [-0.3, -0.25) is 9.59 Å². The fourth-order valence-electron chi connectivity index (χ4n) is 4.65.